The van der Waals surface area contributed by atoms with Gasteiger partial charge in [-0.3, -0.25) is 0 Å². The number of carbonyl (C=O) groups excluding carboxylic acids is 1. The van der Waals surface area contributed by atoms with Gasteiger partial charge in [-0.05, 0) is 15.9 Å². The van der Waals surface area contributed by atoms with E-state index >= 15 is 0 Å². The van der Waals surface area contributed by atoms with Crippen molar-refractivity contribution in [3.8, 4) is 0 Å². The highest BCUT2D eigenvalue weighted by Gasteiger charge is 2.15. The van der Waals surface area contributed by atoms with Gasteiger partial charge in [0, 0.05) is 10.7 Å². The molecule has 0 bridgehead atoms. The molecule has 0 unspecified atom stereocenters. The fourth-order valence-corrected chi connectivity index (χ4v) is 1.67. The number of nitrogens with one attached hydrogen (secondary N) is 1. The fraction of sp³-hybridized carbons (Fsp3) is 0.125. The predicted molar refractivity (Wildman–Crippen MR) is 52.9 cm³/mol. The average Bonchev–Trinajstić information content (AvgIpc) is 2.59. The van der Waals surface area contributed by atoms with Crippen LogP contribution < -0.4 is 0 Å². The molecular formula is C8H6BrN3O2. The summed E-state index contributed by atoms with van der Waals surface area (Å²) in [5.41, 5.74) is 0.859. The Balaban J connectivity index is 2.75. The van der Waals surface area contributed by atoms with Crippen molar-refractivity contribution in [3.05, 3.63) is 22.7 Å². The topological polar surface area (TPSA) is 67.9 Å². The molecule has 1 N–H and O–H groups in total. The SMILES string of the molecule is COC(=O)c1ncnc2[nH]cc(Br)c12. The van der Waals surface area contributed by atoms with E-state index in [1.807, 2.05) is 0 Å². The Hall–Kier alpha value is -1.43. The second kappa shape index (κ2) is 3.38. The molecule has 0 atom stereocenters. The molecule has 0 aromatic carbocycles. The number of aromatic nitrogens is 3. The van der Waals surface area contributed by atoms with Crippen LogP contribution in [-0.2, 0) is 4.74 Å². The van der Waals surface area contributed by atoms with Crippen LogP contribution in [0.3, 0.4) is 0 Å². The lowest BCUT2D eigenvalue weighted by Gasteiger charge is -1.99. The van der Waals surface area contributed by atoms with Crippen molar-refractivity contribution < 1.29 is 9.53 Å². The molecule has 2 heterocycles. The van der Waals surface area contributed by atoms with E-state index in [1.165, 1.54) is 13.4 Å². The number of rotatable bonds is 1. The van der Waals surface area contributed by atoms with Crippen molar-refractivity contribution in [1.82, 2.24) is 15.0 Å². The normalized spacial score (nSPS) is 10.4. The van der Waals surface area contributed by atoms with Crippen molar-refractivity contribution >= 4 is 32.9 Å². The van der Waals surface area contributed by atoms with Gasteiger partial charge in [0.1, 0.15) is 12.0 Å². The molecule has 0 radical (unpaired) electrons. The van der Waals surface area contributed by atoms with Gasteiger partial charge >= 0.3 is 5.97 Å². The monoisotopic (exact) mass is 255 g/mol. The minimum atomic E-state index is -0.474. The van der Waals surface area contributed by atoms with Crippen molar-refractivity contribution in [1.29, 1.82) is 0 Å². The van der Waals surface area contributed by atoms with E-state index < -0.39 is 5.97 Å². The third-order valence-corrected chi connectivity index (χ3v) is 2.43. The van der Waals surface area contributed by atoms with Crippen LogP contribution >= 0.6 is 15.9 Å². The van der Waals surface area contributed by atoms with Crippen LogP contribution in [0.15, 0.2) is 17.0 Å². The maximum atomic E-state index is 11.3. The number of hydrogen-bond donors (Lipinski definition) is 1. The molecule has 5 nitrogen and oxygen atoms in total. The molecule has 0 aliphatic heterocycles. The van der Waals surface area contributed by atoms with E-state index in [0.717, 1.165) is 4.47 Å². The highest BCUT2D eigenvalue weighted by Crippen LogP contribution is 2.24. The number of aromatic amines is 1. The second-order valence-electron chi connectivity index (χ2n) is 2.57. The van der Waals surface area contributed by atoms with Crippen LogP contribution in [0, 0.1) is 0 Å². The van der Waals surface area contributed by atoms with Crippen LogP contribution in [0.4, 0.5) is 0 Å². The van der Waals surface area contributed by atoms with E-state index in [2.05, 4.69) is 35.6 Å². The number of esters is 1. The summed E-state index contributed by atoms with van der Waals surface area (Å²) in [5.74, 6) is -0.474. The van der Waals surface area contributed by atoms with Crippen molar-refractivity contribution in [2.45, 2.75) is 0 Å². The van der Waals surface area contributed by atoms with Gasteiger partial charge in [-0.2, -0.15) is 0 Å². The Morgan fingerprint density at radius 2 is 2.36 bits per heavy atom. The molecule has 0 amide bonds. The van der Waals surface area contributed by atoms with Gasteiger partial charge in [-0.15, -0.1) is 0 Å². The van der Waals surface area contributed by atoms with E-state index in [4.69, 9.17) is 0 Å². The van der Waals surface area contributed by atoms with Gasteiger partial charge in [-0.1, -0.05) is 0 Å². The molecule has 14 heavy (non-hydrogen) atoms. The summed E-state index contributed by atoms with van der Waals surface area (Å²) in [6.07, 6.45) is 3.02. The first-order valence-corrected chi connectivity index (χ1v) is 4.59. The van der Waals surface area contributed by atoms with Gasteiger partial charge < -0.3 is 9.72 Å². The van der Waals surface area contributed by atoms with E-state index in [1.54, 1.807) is 6.20 Å². The van der Waals surface area contributed by atoms with Crippen molar-refractivity contribution in [2.75, 3.05) is 7.11 Å². The smallest absolute Gasteiger partial charge is 0.357 e. The molecule has 2 rings (SSSR count). The van der Waals surface area contributed by atoms with Crippen molar-refractivity contribution in [2.24, 2.45) is 0 Å². The summed E-state index contributed by atoms with van der Waals surface area (Å²) in [5, 5.41) is 0.638. The van der Waals surface area contributed by atoms with Crippen LogP contribution in [0.2, 0.25) is 0 Å². The molecule has 2 aromatic rings. The quantitative estimate of drug-likeness (QED) is 0.785. The molecule has 0 spiro atoms. The molecule has 0 saturated carbocycles. The maximum Gasteiger partial charge on any atom is 0.357 e. The van der Waals surface area contributed by atoms with Crippen LogP contribution in [0.25, 0.3) is 11.0 Å². The van der Waals surface area contributed by atoms with Crippen LogP contribution in [0.1, 0.15) is 10.5 Å². The largest absolute Gasteiger partial charge is 0.464 e. The Morgan fingerprint density at radius 3 is 3.07 bits per heavy atom. The van der Waals surface area contributed by atoms with E-state index in [-0.39, 0.29) is 5.69 Å². The molecule has 0 aliphatic carbocycles. The zero-order valence-electron chi connectivity index (χ0n) is 7.24. The summed E-state index contributed by atoms with van der Waals surface area (Å²) in [6.45, 7) is 0. The molecule has 0 saturated heterocycles. The maximum absolute atomic E-state index is 11.3. The lowest BCUT2D eigenvalue weighted by Crippen LogP contribution is -2.05. The number of H-pyrrole nitrogens is 1. The minimum Gasteiger partial charge on any atom is -0.464 e. The second-order valence-corrected chi connectivity index (χ2v) is 3.43. The highest BCUT2D eigenvalue weighted by molar-refractivity contribution is 9.10. The number of methoxy groups -OCH3 is 1. The fourth-order valence-electron chi connectivity index (χ4n) is 1.18. The number of hydrogen-bond acceptors (Lipinski definition) is 4. The van der Waals surface area contributed by atoms with Crippen molar-refractivity contribution in [3.63, 3.8) is 0 Å². The standard InChI is InChI=1S/C8H6BrN3O2/c1-14-8(13)6-5-4(9)2-10-7(5)12-3-11-6/h2-3H,1H3,(H,10,11,12). The molecule has 72 valence electrons. The molecule has 6 heteroatoms. The number of fused-ring (bicyclic) bond motifs is 1. The van der Waals surface area contributed by atoms with E-state index in [0.29, 0.717) is 11.0 Å². The summed E-state index contributed by atoms with van der Waals surface area (Å²) < 4.78 is 5.35. The Bertz CT molecular complexity index is 494. The minimum absolute atomic E-state index is 0.255. The Labute approximate surface area is 87.6 Å². The lowest BCUT2D eigenvalue weighted by molar-refractivity contribution is 0.0596. The third-order valence-electron chi connectivity index (χ3n) is 1.80. The first kappa shape index (κ1) is 9.14. The summed E-state index contributed by atoms with van der Waals surface area (Å²) in [6, 6.07) is 0. The van der Waals surface area contributed by atoms with Gasteiger partial charge in [0.05, 0.1) is 12.5 Å². The molecular weight excluding hydrogens is 250 g/mol. The first-order chi connectivity index (χ1) is 6.74. The first-order valence-electron chi connectivity index (χ1n) is 3.80. The Kier molecular flexibility index (Phi) is 2.20. The summed E-state index contributed by atoms with van der Waals surface area (Å²) in [7, 11) is 1.32. The zero-order chi connectivity index (χ0) is 10.1. The number of nitrogens with zero attached hydrogens (tertiary/aromatic N) is 2. The number of ether oxygens (including phenoxy) is 1. The van der Waals surface area contributed by atoms with Gasteiger partial charge in [-0.25, -0.2) is 14.8 Å². The molecule has 2 aromatic heterocycles. The predicted octanol–water partition coefficient (Wildman–Crippen LogP) is 1.51. The van der Waals surface area contributed by atoms with E-state index in [9.17, 15) is 4.79 Å². The third kappa shape index (κ3) is 1.27. The zero-order valence-corrected chi connectivity index (χ0v) is 8.83. The summed E-state index contributed by atoms with van der Waals surface area (Å²) in [4.78, 5) is 22.1. The van der Waals surface area contributed by atoms with Crippen LogP contribution in [0.5, 0.6) is 0 Å². The molecule has 0 aliphatic rings. The lowest BCUT2D eigenvalue weighted by atomic mass is 10.3. The highest BCUT2D eigenvalue weighted by atomic mass is 79.9. The average molecular weight is 256 g/mol. The Morgan fingerprint density at radius 1 is 1.57 bits per heavy atom. The molecule has 0 fully saturated rings. The van der Waals surface area contributed by atoms with Gasteiger partial charge in [0.25, 0.3) is 0 Å². The van der Waals surface area contributed by atoms with Gasteiger partial charge in [0.2, 0.25) is 0 Å². The van der Waals surface area contributed by atoms with Gasteiger partial charge in [0.15, 0.2) is 5.69 Å². The summed E-state index contributed by atoms with van der Waals surface area (Å²) >= 11 is 3.30. The number of carbonyl (C=O) groups is 1. The van der Waals surface area contributed by atoms with Crippen LogP contribution in [-0.4, -0.2) is 28.0 Å². The number of halogens is 1.